The van der Waals surface area contributed by atoms with Gasteiger partial charge in [0.2, 0.25) is 11.8 Å². The molecule has 1 rings (SSSR count). The Bertz CT molecular complexity index is 420. The molecule has 0 unspecified atom stereocenters. The first-order valence-corrected chi connectivity index (χ1v) is 6.19. The third-order valence-corrected chi connectivity index (χ3v) is 2.64. The molecule has 0 aliphatic heterocycles. The van der Waals surface area contributed by atoms with Crippen molar-refractivity contribution in [1.29, 1.82) is 0 Å². The highest BCUT2D eigenvalue weighted by molar-refractivity contribution is 5.85. The summed E-state index contributed by atoms with van der Waals surface area (Å²) < 4.78 is 0. The maximum Gasteiger partial charge on any atom is 0.242 e. The smallest absolute Gasteiger partial charge is 0.242 e. The van der Waals surface area contributed by atoms with E-state index in [4.69, 9.17) is 5.73 Å². The molecule has 0 aliphatic carbocycles. The Kier molecular flexibility index (Phi) is 5.95. The Morgan fingerprint density at radius 1 is 1.47 bits per heavy atom. The number of pyridine rings is 1. The minimum atomic E-state index is -0.335. The normalized spacial score (nSPS) is 10.3. The summed E-state index contributed by atoms with van der Waals surface area (Å²) >= 11 is 0. The number of nitrogens with two attached hydrogens (primary N) is 1. The summed E-state index contributed by atoms with van der Waals surface area (Å²) in [6.07, 6.45) is 3.41. The van der Waals surface area contributed by atoms with Gasteiger partial charge >= 0.3 is 0 Å². The van der Waals surface area contributed by atoms with Gasteiger partial charge in [-0.25, -0.2) is 0 Å². The fourth-order valence-corrected chi connectivity index (χ4v) is 1.59. The molecule has 0 saturated heterocycles. The van der Waals surface area contributed by atoms with Gasteiger partial charge in [0.1, 0.15) is 0 Å². The number of carbonyl (C=O) groups is 2. The van der Waals surface area contributed by atoms with Crippen molar-refractivity contribution in [3.8, 4) is 0 Å². The molecule has 6 nitrogen and oxygen atoms in total. The average molecular weight is 264 g/mol. The summed E-state index contributed by atoms with van der Waals surface area (Å²) in [6.45, 7) is 4.19. The standard InChI is InChI=1S/C13H20N4O2/c1-10(2)17(9-11-4-3-5-15-7-11)13(19)8-16-12(18)6-14/h3-5,7,10H,6,8-9,14H2,1-2H3,(H,16,18). The lowest BCUT2D eigenvalue weighted by atomic mass is 10.2. The van der Waals surface area contributed by atoms with Crippen molar-refractivity contribution in [1.82, 2.24) is 15.2 Å². The predicted molar refractivity (Wildman–Crippen MR) is 72.0 cm³/mol. The largest absolute Gasteiger partial charge is 0.346 e. The molecule has 0 radical (unpaired) electrons. The van der Waals surface area contributed by atoms with Crippen LogP contribution in [0, 0.1) is 0 Å². The first-order chi connectivity index (χ1) is 9.04. The first-order valence-electron chi connectivity index (χ1n) is 6.19. The molecule has 104 valence electrons. The zero-order chi connectivity index (χ0) is 14.3. The molecule has 0 atom stereocenters. The number of amides is 2. The van der Waals surface area contributed by atoms with Crippen molar-refractivity contribution in [2.75, 3.05) is 13.1 Å². The summed E-state index contributed by atoms with van der Waals surface area (Å²) in [5.74, 6) is -0.473. The predicted octanol–water partition coefficient (Wildman–Crippen LogP) is -0.106. The lowest BCUT2D eigenvalue weighted by molar-refractivity contribution is -0.134. The summed E-state index contributed by atoms with van der Waals surface area (Å²) in [5.41, 5.74) is 6.13. The van der Waals surface area contributed by atoms with E-state index in [0.29, 0.717) is 6.54 Å². The number of hydrogen-bond donors (Lipinski definition) is 2. The van der Waals surface area contributed by atoms with E-state index in [9.17, 15) is 9.59 Å². The van der Waals surface area contributed by atoms with E-state index in [1.807, 2.05) is 26.0 Å². The van der Waals surface area contributed by atoms with Crippen LogP contribution in [0.4, 0.5) is 0 Å². The first kappa shape index (κ1) is 15.1. The minimum absolute atomic E-state index is 0.0333. The summed E-state index contributed by atoms with van der Waals surface area (Å²) in [5, 5.41) is 2.48. The van der Waals surface area contributed by atoms with Gasteiger partial charge < -0.3 is 16.0 Å². The molecule has 3 N–H and O–H groups in total. The Morgan fingerprint density at radius 3 is 2.74 bits per heavy atom. The second kappa shape index (κ2) is 7.48. The van der Waals surface area contributed by atoms with Crippen molar-refractivity contribution in [3.05, 3.63) is 30.1 Å². The van der Waals surface area contributed by atoms with Crippen LogP contribution in [-0.4, -0.2) is 40.8 Å². The minimum Gasteiger partial charge on any atom is -0.346 e. The summed E-state index contributed by atoms with van der Waals surface area (Å²) in [6, 6.07) is 3.78. The monoisotopic (exact) mass is 264 g/mol. The van der Waals surface area contributed by atoms with Crippen LogP contribution < -0.4 is 11.1 Å². The van der Waals surface area contributed by atoms with E-state index in [1.54, 1.807) is 17.3 Å². The van der Waals surface area contributed by atoms with Gasteiger partial charge in [0, 0.05) is 25.0 Å². The highest BCUT2D eigenvalue weighted by Gasteiger charge is 2.17. The van der Waals surface area contributed by atoms with E-state index in [-0.39, 0.29) is 30.9 Å². The van der Waals surface area contributed by atoms with E-state index >= 15 is 0 Å². The van der Waals surface area contributed by atoms with Gasteiger partial charge in [0.15, 0.2) is 0 Å². The van der Waals surface area contributed by atoms with E-state index in [0.717, 1.165) is 5.56 Å². The molecule has 0 fully saturated rings. The van der Waals surface area contributed by atoms with Crippen molar-refractivity contribution in [2.24, 2.45) is 5.73 Å². The van der Waals surface area contributed by atoms with Crippen LogP contribution in [0.25, 0.3) is 0 Å². The molecule has 0 bridgehead atoms. The molecule has 0 aromatic carbocycles. The Morgan fingerprint density at radius 2 is 2.21 bits per heavy atom. The number of carbonyl (C=O) groups excluding carboxylic acids is 2. The second-order valence-electron chi connectivity index (χ2n) is 4.46. The fourth-order valence-electron chi connectivity index (χ4n) is 1.59. The SMILES string of the molecule is CC(C)N(Cc1cccnc1)C(=O)CNC(=O)CN. The zero-order valence-corrected chi connectivity index (χ0v) is 11.3. The van der Waals surface area contributed by atoms with E-state index in [1.165, 1.54) is 0 Å². The van der Waals surface area contributed by atoms with E-state index in [2.05, 4.69) is 10.3 Å². The molecular weight excluding hydrogens is 244 g/mol. The van der Waals surface area contributed by atoms with E-state index < -0.39 is 0 Å². The van der Waals surface area contributed by atoms with Crippen LogP contribution in [0.2, 0.25) is 0 Å². The molecule has 0 saturated carbocycles. The van der Waals surface area contributed by atoms with Crippen molar-refractivity contribution in [3.63, 3.8) is 0 Å². The number of nitrogens with one attached hydrogen (secondary N) is 1. The van der Waals surface area contributed by atoms with Crippen LogP contribution in [0.3, 0.4) is 0 Å². The van der Waals surface area contributed by atoms with Gasteiger partial charge in [-0.15, -0.1) is 0 Å². The molecule has 1 heterocycles. The van der Waals surface area contributed by atoms with Gasteiger partial charge in [0.05, 0.1) is 13.1 Å². The Balaban J connectivity index is 2.62. The molecule has 6 heteroatoms. The molecule has 1 aromatic heterocycles. The summed E-state index contributed by atoms with van der Waals surface area (Å²) in [4.78, 5) is 28.8. The number of hydrogen-bond acceptors (Lipinski definition) is 4. The Hall–Kier alpha value is -1.95. The maximum absolute atomic E-state index is 12.1. The highest BCUT2D eigenvalue weighted by Crippen LogP contribution is 2.07. The summed E-state index contributed by atoms with van der Waals surface area (Å²) in [7, 11) is 0. The average Bonchev–Trinajstić information content (AvgIpc) is 2.42. The van der Waals surface area contributed by atoms with Crippen molar-refractivity contribution in [2.45, 2.75) is 26.4 Å². The number of aromatic nitrogens is 1. The molecule has 1 aromatic rings. The van der Waals surface area contributed by atoms with Crippen LogP contribution >= 0.6 is 0 Å². The third kappa shape index (κ3) is 5.05. The highest BCUT2D eigenvalue weighted by atomic mass is 16.2. The van der Waals surface area contributed by atoms with Crippen molar-refractivity contribution >= 4 is 11.8 Å². The molecular formula is C13H20N4O2. The van der Waals surface area contributed by atoms with Gasteiger partial charge in [-0.05, 0) is 25.5 Å². The van der Waals surface area contributed by atoms with Gasteiger partial charge in [0.25, 0.3) is 0 Å². The zero-order valence-electron chi connectivity index (χ0n) is 11.3. The van der Waals surface area contributed by atoms with Crippen LogP contribution in [0.15, 0.2) is 24.5 Å². The third-order valence-electron chi connectivity index (χ3n) is 2.64. The number of rotatable bonds is 6. The topological polar surface area (TPSA) is 88.3 Å². The maximum atomic E-state index is 12.1. The van der Waals surface area contributed by atoms with Crippen LogP contribution in [-0.2, 0) is 16.1 Å². The molecule has 2 amide bonds. The number of nitrogens with zero attached hydrogens (tertiary/aromatic N) is 2. The lowest BCUT2D eigenvalue weighted by Crippen LogP contribution is -2.44. The second-order valence-corrected chi connectivity index (χ2v) is 4.46. The molecule has 0 aliphatic rings. The van der Waals surface area contributed by atoms with Crippen LogP contribution in [0.5, 0.6) is 0 Å². The van der Waals surface area contributed by atoms with Gasteiger partial charge in [-0.1, -0.05) is 6.07 Å². The van der Waals surface area contributed by atoms with Gasteiger partial charge in [-0.2, -0.15) is 0 Å². The van der Waals surface area contributed by atoms with Crippen LogP contribution in [0.1, 0.15) is 19.4 Å². The quantitative estimate of drug-likeness (QED) is 0.750. The van der Waals surface area contributed by atoms with Crippen molar-refractivity contribution < 1.29 is 9.59 Å². The molecule has 19 heavy (non-hydrogen) atoms. The lowest BCUT2D eigenvalue weighted by Gasteiger charge is -2.27. The Labute approximate surface area is 113 Å². The van der Waals surface area contributed by atoms with Gasteiger partial charge in [-0.3, -0.25) is 14.6 Å². The fraction of sp³-hybridized carbons (Fsp3) is 0.462. The molecule has 0 spiro atoms.